The monoisotopic (exact) mass is 583 g/mol. The summed E-state index contributed by atoms with van der Waals surface area (Å²) >= 11 is 6.70. The Labute approximate surface area is 250 Å². The first-order chi connectivity index (χ1) is 20.2. The van der Waals surface area contributed by atoms with Crippen molar-refractivity contribution < 1.29 is 14.4 Å². The van der Waals surface area contributed by atoms with Gasteiger partial charge in [0.1, 0.15) is 11.7 Å². The molecule has 0 spiro atoms. The number of amides is 2. The number of para-hydroxylation sites is 1. The summed E-state index contributed by atoms with van der Waals surface area (Å²) in [6, 6.07) is 21.9. The van der Waals surface area contributed by atoms with Crippen LogP contribution >= 0.6 is 11.6 Å². The maximum Gasteiger partial charge on any atom is 0.258 e. The minimum Gasteiger partial charge on any atom is -0.368 e. The number of rotatable bonds is 7. The third-order valence-corrected chi connectivity index (χ3v) is 8.75. The van der Waals surface area contributed by atoms with Crippen LogP contribution in [0, 0.1) is 11.3 Å². The largest absolute Gasteiger partial charge is 0.368 e. The van der Waals surface area contributed by atoms with Crippen LogP contribution in [0.15, 0.2) is 66.7 Å². The lowest BCUT2D eigenvalue weighted by atomic mass is 9.93. The fourth-order valence-corrected chi connectivity index (χ4v) is 6.63. The highest BCUT2D eigenvalue weighted by Crippen LogP contribution is 2.45. The number of Topliss-reactive ketones (excluding diaryl/α,β-unsaturated/α-hetero) is 1. The average Bonchev–Trinajstić information content (AvgIpc) is 3.80. The van der Waals surface area contributed by atoms with Gasteiger partial charge < -0.3 is 20.5 Å². The van der Waals surface area contributed by atoms with Crippen molar-refractivity contribution in [1.29, 1.82) is 5.41 Å². The minimum absolute atomic E-state index is 0.00381. The molecule has 9 heteroatoms. The molecule has 2 heterocycles. The number of hydrogen-bond donors (Lipinski definition) is 2. The van der Waals surface area contributed by atoms with Crippen LogP contribution in [0.1, 0.15) is 54.2 Å². The van der Waals surface area contributed by atoms with E-state index in [0.717, 1.165) is 61.5 Å². The molecule has 0 aromatic heterocycles. The highest BCUT2D eigenvalue weighted by molar-refractivity contribution is 6.33. The standard InChI is InChI=1S/C33H34ClN5O3/c1-20(35)30(21(2)40)32(41)36-22-11-14-29(27(34)19-22)37-15-17-38(18-16-37)31-24-7-3-4-8-25(24)33(42)39(23-12-13-23)28-10-6-5-9-26(28)31/h3-11,14,19,23,30-31,35H,12-13,15-18H2,1-2H3,(H,36,41). The van der Waals surface area contributed by atoms with E-state index in [0.29, 0.717) is 10.7 Å². The highest BCUT2D eigenvalue weighted by atomic mass is 35.5. The number of nitrogens with zero attached hydrogens (tertiary/aromatic N) is 3. The first-order valence-electron chi connectivity index (χ1n) is 14.4. The molecule has 1 saturated carbocycles. The van der Waals surface area contributed by atoms with Crippen LogP contribution < -0.4 is 15.1 Å². The van der Waals surface area contributed by atoms with E-state index in [1.165, 1.54) is 19.4 Å². The molecule has 3 aromatic rings. The minimum atomic E-state index is -1.11. The fraction of sp³-hybridized carbons (Fsp3) is 0.333. The summed E-state index contributed by atoms with van der Waals surface area (Å²) in [5.41, 5.74) is 5.36. The molecule has 2 fully saturated rings. The lowest BCUT2D eigenvalue weighted by molar-refractivity contribution is -0.127. The predicted octanol–water partition coefficient (Wildman–Crippen LogP) is 5.56. The molecule has 0 bridgehead atoms. The summed E-state index contributed by atoms with van der Waals surface area (Å²) in [6.07, 6.45) is 2.07. The van der Waals surface area contributed by atoms with E-state index < -0.39 is 11.8 Å². The molecule has 1 saturated heterocycles. The van der Waals surface area contributed by atoms with Gasteiger partial charge in [0, 0.05) is 54.9 Å². The molecule has 2 unspecified atom stereocenters. The SMILES string of the molecule is CC(=N)C(C(C)=O)C(=O)Nc1ccc(N2CCN(C3c4ccccc4C(=O)N(C4CC4)c4ccccc43)CC2)c(Cl)c1. The second-order valence-electron chi connectivity index (χ2n) is 11.4. The van der Waals surface area contributed by atoms with Crippen molar-refractivity contribution in [2.24, 2.45) is 5.92 Å². The molecule has 1 aliphatic carbocycles. The molecule has 8 nitrogen and oxygen atoms in total. The first kappa shape index (κ1) is 28.1. The highest BCUT2D eigenvalue weighted by Gasteiger charge is 2.41. The number of carbonyl (C=O) groups excluding carboxylic acids is 3. The Morgan fingerprint density at radius 2 is 1.57 bits per heavy atom. The van der Waals surface area contributed by atoms with E-state index in [9.17, 15) is 14.4 Å². The second-order valence-corrected chi connectivity index (χ2v) is 11.8. The Balaban J connectivity index is 1.22. The number of benzene rings is 3. The summed E-state index contributed by atoms with van der Waals surface area (Å²) in [5, 5.41) is 11.0. The normalized spacial score (nSPS) is 19.4. The number of fused-ring (bicyclic) bond motifs is 2. The van der Waals surface area contributed by atoms with E-state index in [1.807, 2.05) is 35.2 Å². The van der Waals surface area contributed by atoms with Gasteiger partial charge in [-0.05, 0) is 68.1 Å². The van der Waals surface area contributed by atoms with Crippen LogP contribution in [-0.4, -0.2) is 60.4 Å². The van der Waals surface area contributed by atoms with Crippen molar-refractivity contribution in [3.8, 4) is 0 Å². The van der Waals surface area contributed by atoms with E-state index in [-0.39, 0.29) is 29.5 Å². The fourth-order valence-electron chi connectivity index (χ4n) is 6.33. The van der Waals surface area contributed by atoms with E-state index in [1.54, 1.807) is 12.1 Å². The van der Waals surface area contributed by atoms with Gasteiger partial charge in [-0.2, -0.15) is 0 Å². The summed E-state index contributed by atoms with van der Waals surface area (Å²) in [6.45, 7) is 5.80. The molecular formula is C33H34ClN5O3. The Hall–Kier alpha value is -4.01. The molecule has 3 aliphatic rings. The van der Waals surface area contributed by atoms with Crippen molar-refractivity contribution in [2.75, 3.05) is 41.3 Å². The van der Waals surface area contributed by atoms with Crippen molar-refractivity contribution in [2.45, 2.75) is 38.8 Å². The summed E-state index contributed by atoms with van der Waals surface area (Å²) in [7, 11) is 0. The zero-order valence-electron chi connectivity index (χ0n) is 23.8. The molecule has 2 atom stereocenters. The average molecular weight is 584 g/mol. The lowest BCUT2D eigenvalue weighted by Gasteiger charge is -2.41. The second kappa shape index (κ2) is 11.3. The summed E-state index contributed by atoms with van der Waals surface area (Å²) in [5.74, 6) is -1.92. The number of halogens is 1. The van der Waals surface area contributed by atoms with Crippen LogP contribution in [-0.2, 0) is 9.59 Å². The van der Waals surface area contributed by atoms with Gasteiger partial charge in [0.2, 0.25) is 5.91 Å². The zero-order valence-corrected chi connectivity index (χ0v) is 24.5. The lowest BCUT2D eigenvalue weighted by Crippen LogP contribution is -2.48. The van der Waals surface area contributed by atoms with Crippen molar-refractivity contribution in [1.82, 2.24) is 4.90 Å². The first-order valence-corrected chi connectivity index (χ1v) is 14.8. The number of piperazine rings is 1. The van der Waals surface area contributed by atoms with Crippen LogP contribution in [0.3, 0.4) is 0 Å². The molecule has 2 amide bonds. The third kappa shape index (κ3) is 5.21. The maximum atomic E-state index is 13.8. The quantitative estimate of drug-likeness (QED) is 0.280. The molecule has 2 N–H and O–H groups in total. The third-order valence-electron chi connectivity index (χ3n) is 8.44. The van der Waals surface area contributed by atoms with Gasteiger partial charge in [0.25, 0.3) is 5.91 Å². The molecule has 42 heavy (non-hydrogen) atoms. The van der Waals surface area contributed by atoms with Crippen LogP contribution in [0.5, 0.6) is 0 Å². The topological polar surface area (TPSA) is 96.8 Å². The number of carbonyl (C=O) groups is 3. The summed E-state index contributed by atoms with van der Waals surface area (Å²) in [4.78, 5) is 45.0. The molecule has 216 valence electrons. The molecule has 3 aromatic carbocycles. The molecule has 0 radical (unpaired) electrons. The van der Waals surface area contributed by atoms with Gasteiger partial charge in [0.05, 0.1) is 16.8 Å². The Bertz CT molecular complexity index is 1560. The van der Waals surface area contributed by atoms with E-state index >= 15 is 0 Å². The van der Waals surface area contributed by atoms with Crippen LogP contribution in [0.25, 0.3) is 0 Å². The van der Waals surface area contributed by atoms with Gasteiger partial charge in [-0.25, -0.2) is 0 Å². The summed E-state index contributed by atoms with van der Waals surface area (Å²) < 4.78 is 0. The van der Waals surface area contributed by atoms with E-state index in [2.05, 4.69) is 39.4 Å². The zero-order chi connectivity index (χ0) is 29.5. The number of ketones is 1. The van der Waals surface area contributed by atoms with Crippen molar-refractivity contribution in [3.05, 3.63) is 88.4 Å². The van der Waals surface area contributed by atoms with Crippen LogP contribution in [0.2, 0.25) is 5.02 Å². The van der Waals surface area contributed by atoms with Crippen molar-refractivity contribution >= 4 is 52.0 Å². The smallest absolute Gasteiger partial charge is 0.258 e. The number of hydrogen-bond acceptors (Lipinski definition) is 6. The van der Waals surface area contributed by atoms with E-state index in [4.69, 9.17) is 17.0 Å². The molecule has 2 aliphatic heterocycles. The Kier molecular flexibility index (Phi) is 7.60. The molecular weight excluding hydrogens is 550 g/mol. The Morgan fingerprint density at radius 3 is 2.21 bits per heavy atom. The van der Waals surface area contributed by atoms with Gasteiger partial charge >= 0.3 is 0 Å². The van der Waals surface area contributed by atoms with Gasteiger partial charge in [-0.3, -0.25) is 19.3 Å². The van der Waals surface area contributed by atoms with Crippen molar-refractivity contribution in [3.63, 3.8) is 0 Å². The van der Waals surface area contributed by atoms with Crippen LogP contribution in [0.4, 0.5) is 17.1 Å². The van der Waals surface area contributed by atoms with Gasteiger partial charge in [-0.15, -0.1) is 0 Å². The van der Waals surface area contributed by atoms with Gasteiger partial charge in [0.15, 0.2) is 0 Å². The number of anilines is 3. The van der Waals surface area contributed by atoms with Gasteiger partial charge in [-0.1, -0.05) is 48.0 Å². The predicted molar refractivity (Wildman–Crippen MR) is 166 cm³/mol. The number of nitrogens with one attached hydrogen (secondary N) is 2. The Morgan fingerprint density at radius 1 is 0.905 bits per heavy atom. The maximum absolute atomic E-state index is 13.8. The molecule has 6 rings (SSSR count).